The van der Waals surface area contributed by atoms with Crippen LogP contribution >= 0.6 is 0 Å². The van der Waals surface area contributed by atoms with Crippen LogP contribution in [0.5, 0.6) is 5.75 Å². The number of rotatable bonds is 7. The molecule has 4 heteroatoms. The van der Waals surface area contributed by atoms with Crippen LogP contribution < -0.4 is 15.4 Å². The van der Waals surface area contributed by atoms with E-state index in [9.17, 15) is 4.79 Å². The van der Waals surface area contributed by atoms with Gasteiger partial charge in [0.15, 0.2) is 6.61 Å². The molecule has 1 amide bonds. The molecule has 0 saturated carbocycles. The summed E-state index contributed by atoms with van der Waals surface area (Å²) in [5, 5.41) is 6.25. The second-order valence-electron chi connectivity index (χ2n) is 6.52. The summed E-state index contributed by atoms with van der Waals surface area (Å²) in [4.78, 5) is 12.0. The van der Waals surface area contributed by atoms with Gasteiger partial charge in [0.25, 0.3) is 5.91 Å². The van der Waals surface area contributed by atoms with Crippen LogP contribution in [0.1, 0.15) is 16.7 Å². The summed E-state index contributed by atoms with van der Waals surface area (Å²) in [6, 6.07) is 23.5. The third kappa shape index (κ3) is 5.61. The minimum atomic E-state index is -0.181. The number of anilines is 2. The van der Waals surface area contributed by atoms with Crippen LogP contribution in [-0.4, -0.2) is 12.5 Å². The van der Waals surface area contributed by atoms with Crippen LogP contribution in [0.4, 0.5) is 11.4 Å². The molecule has 0 radical (unpaired) electrons. The quantitative estimate of drug-likeness (QED) is 0.628. The zero-order chi connectivity index (χ0) is 19.1. The molecule has 3 aromatic carbocycles. The highest BCUT2D eigenvalue weighted by Crippen LogP contribution is 2.19. The molecule has 3 rings (SSSR count). The summed E-state index contributed by atoms with van der Waals surface area (Å²) in [5.41, 5.74) is 5.45. The first kappa shape index (κ1) is 18.5. The van der Waals surface area contributed by atoms with Crippen molar-refractivity contribution in [3.05, 3.63) is 89.5 Å². The van der Waals surface area contributed by atoms with Gasteiger partial charge in [-0.3, -0.25) is 4.79 Å². The number of hydrogen-bond acceptors (Lipinski definition) is 3. The van der Waals surface area contributed by atoms with Crippen molar-refractivity contribution < 1.29 is 9.53 Å². The molecule has 0 heterocycles. The molecule has 3 aromatic rings. The number of benzene rings is 3. The molecule has 27 heavy (non-hydrogen) atoms. The highest BCUT2D eigenvalue weighted by Gasteiger charge is 2.05. The summed E-state index contributed by atoms with van der Waals surface area (Å²) in [5.74, 6) is 0.498. The van der Waals surface area contributed by atoms with E-state index in [0.717, 1.165) is 16.9 Å². The SMILES string of the molecule is Cc1ccc(NCc2cccc(OCC(=O)Nc3ccccc3)c2)c(C)c1. The number of carbonyl (C=O) groups is 1. The Morgan fingerprint density at radius 2 is 1.74 bits per heavy atom. The monoisotopic (exact) mass is 360 g/mol. The van der Waals surface area contributed by atoms with Crippen LogP contribution in [0, 0.1) is 13.8 Å². The van der Waals surface area contributed by atoms with E-state index in [0.29, 0.717) is 12.3 Å². The molecule has 0 atom stereocenters. The van der Waals surface area contributed by atoms with Crippen molar-refractivity contribution in [2.45, 2.75) is 20.4 Å². The van der Waals surface area contributed by atoms with Gasteiger partial charge in [0.05, 0.1) is 0 Å². The predicted molar refractivity (Wildman–Crippen MR) is 110 cm³/mol. The Labute approximate surface area is 160 Å². The number of amides is 1. The predicted octanol–water partition coefficient (Wildman–Crippen LogP) is 4.93. The molecule has 4 nitrogen and oxygen atoms in total. The maximum atomic E-state index is 12.0. The van der Waals surface area contributed by atoms with Crippen molar-refractivity contribution in [3.63, 3.8) is 0 Å². The van der Waals surface area contributed by atoms with Gasteiger partial charge >= 0.3 is 0 Å². The average molecular weight is 360 g/mol. The number of nitrogens with one attached hydrogen (secondary N) is 2. The van der Waals surface area contributed by atoms with E-state index in [2.05, 4.69) is 42.7 Å². The van der Waals surface area contributed by atoms with E-state index < -0.39 is 0 Å². The lowest BCUT2D eigenvalue weighted by atomic mass is 10.1. The van der Waals surface area contributed by atoms with Crippen molar-refractivity contribution in [3.8, 4) is 5.75 Å². The zero-order valence-electron chi connectivity index (χ0n) is 15.7. The van der Waals surface area contributed by atoms with Gasteiger partial charge in [-0.15, -0.1) is 0 Å². The van der Waals surface area contributed by atoms with Crippen LogP contribution in [-0.2, 0) is 11.3 Å². The van der Waals surface area contributed by atoms with Crippen LogP contribution in [0.2, 0.25) is 0 Å². The number of carbonyl (C=O) groups excluding carboxylic acids is 1. The lowest BCUT2D eigenvalue weighted by Crippen LogP contribution is -2.20. The highest BCUT2D eigenvalue weighted by atomic mass is 16.5. The van der Waals surface area contributed by atoms with Crippen molar-refractivity contribution in [1.82, 2.24) is 0 Å². The Hall–Kier alpha value is -3.27. The number of hydrogen-bond donors (Lipinski definition) is 2. The molecule has 0 unspecified atom stereocenters. The van der Waals surface area contributed by atoms with E-state index in [-0.39, 0.29) is 12.5 Å². The summed E-state index contributed by atoms with van der Waals surface area (Å²) < 4.78 is 5.63. The molecule has 138 valence electrons. The average Bonchev–Trinajstić information content (AvgIpc) is 2.67. The van der Waals surface area contributed by atoms with Gasteiger partial charge in [0, 0.05) is 17.9 Å². The first-order valence-corrected chi connectivity index (χ1v) is 8.98. The van der Waals surface area contributed by atoms with E-state index in [1.54, 1.807) is 0 Å². The normalized spacial score (nSPS) is 10.3. The second kappa shape index (κ2) is 8.90. The Balaban J connectivity index is 1.53. The zero-order valence-corrected chi connectivity index (χ0v) is 15.7. The van der Waals surface area contributed by atoms with E-state index in [4.69, 9.17) is 4.74 Å². The Morgan fingerprint density at radius 1 is 0.926 bits per heavy atom. The van der Waals surface area contributed by atoms with Crippen molar-refractivity contribution >= 4 is 17.3 Å². The van der Waals surface area contributed by atoms with Crippen molar-refractivity contribution in [2.24, 2.45) is 0 Å². The number of para-hydroxylation sites is 1. The second-order valence-corrected chi connectivity index (χ2v) is 6.52. The summed E-state index contributed by atoms with van der Waals surface area (Å²) >= 11 is 0. The van der Waals surface area contributed by atoms with Gasteiger partial charge in [0.2, 0.25) is 0 Å². The molecule has 0 bridgehead atoms. The molecule has 0 fully saturated rings. The Morgan fingerprint density at radius 3 is 2.52 bits per heavy atom. The van der Waals surface area contributed by atoms with E-state index in [1.807, 2.05) is 54.6 Å². The summed E-state index contributed by atoms with van der Waals surface area (Å²) in [6.07, 6.45) is 0. The summed E-state index contributed by atoms with van der Waals surface area (Å²) in [7, 11) is 0. The third-order valence-corrected chi connectivity index (χ3v) is 4.19. The van der Waals surface area contributed by atoms with Gasteiger partial charge in [0.1, 0.15) is 5.75 Å². The molecule has 0 spiro atoms. The van der Waals surface area contributed by atoms with Crippen LogP contribution in [0.25, 0.3) is 0 Å². The van der Waals surface area contributed by atoms with Crippen molar-refractivity contribution in [2.75, 3.05) is 17.2 Å². The number of ether oxygens (including phenoxy) is 1. The molecular weight excluding hydrogens is 336 g/mol. The standard InChI is InChI=1S/C23H24N2O2/c1-17-11-12-22(18(2)13-17)24-15-19-7-6-10-21(14-19)27-16-23(26)25-20-8-4-3-5-9-20/h3-14,24H,15-16H2,1-2H3,(H,25,26). The molecule has 0 aliphatic carbocycles. The first-order chi connectivity index (χ1) is 13.1. The van der Waals surface area contributed by atoms with Crippen LogP contribution in [0.3, 0.4) is 0 Å². The molecule has 0 aromatic heterocycles. The van der Waals surface area contributed by atoms with E-state index in [1.165, 1.54) is 11.1 Å². The highest BCUT2D eigenvalue weighted by molar-refractivity contribution is 5.91. The minimum absolute atomic E-state index is 0.0250. The smallest absolute Gasteiger partial charge is 0.262 e. The Bertz CT molecular complexity index is 907. The molecule has 0 aliphatic heterocycles. The molecule has 2 N–H and O–H groups in total. The fraction of sp³-hybridized carbons (Fsp3) is 0.174. The fourth-order valence-corrected chi connectivity index (χ4v) is 2.82. The first-order valence-electron chi connectivity index (χ1n) is 8.98. The third-order valence-electron chi connectivity index (χ3n) is 4.19. The fourth-order valence-electron chi connectivity index (χ4n) is 2.82. The van der Waals surface area contributed by atoms with E-state index >= 15 is 0 Å². The van der Waals surface area contributed by atoms with Gasteiger partial charge in [-0.2, -0.15) is 0 Å². The lowest BCUT2D eigenvalue weighted by Gasteiger charge is -2.12. The topological polar surface area (TPSA) is 50.4 Å². The van der Waals surface area contributed by atoms with Crippen LogP contribution in [0.15, 0.2) is 72.8 Å². The largest absolute Gasteiger partial charge is 0.484 e. The summed E-state index contributed by atoms with van der Waals surface area (Å²) in [6.45, 7) is 4.85. The number of aryl methyl sites for hydroxylation is 2. The van der Waals surface area contributed by atoms with Gasteiger partial charge in [-0.1, -0.05) is 48.0 Å². The maximum Gasteiger partial charge on any atom is 0.262 e. The Kier molecular flexibility index (Phi) is 6.10. The van der Waals surface area contributed by atoms with Crippen molar-refractivity contribution in [1.29, 1.82) is 0 Å². The maximum absolute atomic E-state index is 12.0. The van der Waals surface area contributed by atoms with Gasteiger partial charge in [-0.05, 0) is 55.3 Å². The molecule has 0 aliphatic rings. The lowest BCUT2D eigenvalue weighted by molar-refractivity contribution is -0.118. The van der Waals surface area contributed by atoms with Gasteiger partial charge < -0.3 is 15.4 Å². The molecule has 0 saturated heterocycles. The minimum Gasteiger partial charge on any atom is -0.484 e. The molecular formula is C23H24N2O2. The van der Waals surface area contributed by atoms with Gasteiger partial charge in [-0.25, -0.2) is 0 Å².